The standard InChI is InChI=1S/C13H14N4O3S/c1-5-6-21-11-9-10(14-8(15-11)7-20-4)16(2)13(19)17(3)12(9)18/h1H,6-7H2,2-4H3. The summed E-state index contributed by atoms with van der Waals surface area (Å²) in [6.07, 6.45) is 5.26. The number of fused-ring (bicyclic) bond motifs is 1. The summed E-state index contributed by atoms with van der Waals surface area (Å²) in [5.41, 5.74) is -0.594. The number of nitrogens with zero attached hydrogens (tertiary/aromatic N) is 4. The largest absolute Gasteiger partial charge is 0.377 e. The molecule has 0 aliphatic rings. The first kappa shape index (κ1) is 15.3. The molecule has 0 N–H and O–H groups in total. The van der Waals surface area contributed by atoms with Crippen LogP contribution in [0, 0.1) is 12.3 Å². The van der Waals surface area contributed by atoms with Crippen molar-refractivity contribution in [3.8, 4) is 12.3 Å². The average Bonchev–Trinajstić information content (AvgIpc) is 2.48. The van der Waals surface area contributed by atoms with Gasteiger partial charge in [0.15, 0.2) is 11.5 Å². The monoisotopic (exact) mass is 306 g/mol. The molecule has 8 heteroatoms. The van der Waals surface area contributed by atoms with Gasteiger partial charge in [-0.3, -0.25) is 13.9 Å². The molecule has 0 radical (unpaired) electrons. The Bertz CT molecular complexity index is 848. The Morgan fingerprint density at radius 3 is 2.62 bits per heavy atom. The third-order valence-corrected chi connectivity index (χ3v) is 3.76. The van der Waals surface area contributed by atoms with E-state index < -0.39 is 11.2 Å². The zero-order chi connectivity index (χ0) is 15.6. The summed E-state index contributed by atoms with van der Waals surface area (Å²) in [5, 5.41) is 0.751. The number of aryl methyl sites for hydroxylation is 1. The van der Waals surface area contributed by atoms with Crippen molar-refractivity contribution in [2.45, 2.75) is 11.6 Å². The number of aromatic nitrogens is 4. The SMILES string of the molecule is C#CCSc1nc(COC)nc2c1c(=O)n(C)c(=O)n2C. The van der Waals surface area contributed by atoms with Gasteiger partial charge in [-0.2, -0.15) is 0 Å². The lowest BCUT2D eigenvalue weighted by molar-refractivity contribution is 0.177. The molecule has 2 aromatic rings. The topological polar surface area (TPSA) is 79.0 Å². The molecule has 0 fully saturated rings. The predicted molar refractivity (Wildman–Crippen MR) is 80.3 cm³/mol. The summed E-state index contributed by atoms with van der Waals surface area (Å²) in [4.78, 5) is 32.9. The number of methoxy groups -OCH3 is 1. The minimum atomic E-state index is -0.442. The van der Waals surface area contributed by atoms with Crippen LogP contribution < -0.4 is 11.2 Å². The van der Waals surface area contributed by atoms with Crippen LogP contribution in [-0.2, 0) is 25.4 Å². The molecular formula is C13H14N4O3S. The molecule has 2 rings (SSSR count). The van der Waals surface area contributed by atoms with Crippen molar-refractivity contribution in [1.82, 2.24) is 19.1 Å². The second-order valence-electron chi connectivity index (χ2n) is 4.28. The maximum Gasteiger partial charge on any atom is 0.332 e. The van der Waals surface area contributed by atoms with Crippen molar-refractivity contribution in [2.24, 2.45) is 14.1 Å². The van der Waals surface area contributed by atoms with Gasteiger partial charge in [0.1, 0.15) is 17.0 Å². The Balaban J connectivity index is 2.88. The highest BCUT2D eigenvalue weighted by atomic mass is 32.2. The number of hydrogen-bond acceptors (Lipinski definition) is 6. The van der Waals surface area contributed by atoms with Gasteiger partial charge in [-0.1, -0.05) is 17.7 Å². The molecule has 0 amide bonds. The van der Waals surface area contributed by atoms with Crippen LogP contribution in [0.25, 0.3) is 11.0 Å². The van der Waals surface area contributed by atoms with Crippen LogP contribution in [0.5, 0.6) is 0 Å². The molecule has 0 spiro atoms. The minimum Gasteiger partial charge on any atom is -0.377 e. The van der Waals surface area contributed by atoms with Gasteiger partial charge in [0, 0.05) is 21.2 Å². The molecule has 7 nitrogen and oxygen atoms in total. The van der Waals surface area contributed by atoms with E-state index in [1.807, 2.05) is 0 Å². The molecule has 2 heterocycles. The fourth-order valence-corrected chi connectivity index (χ4v) is 2.59. The summed E-state index contributed by atoms with van der Waals surface area (Å²) in [5.74, 6) is 3.25. The third kappa shape index (κ3) is 2.70. The zero-order valence-electron chi connectivity index (χ0n) is 11.9. The molecule has 0 aliphatic carbocycles. The molecule has 0 bridgehead atoms. The Labute approximate surface area is 125 Å². The molecule has 0 atom stereocenters. The summed E-state index contributed by atoms with van der Waals surface area (Å²) in [6.45, 7) is 0.183. The molecule has 2 aromatic heterocycles. The van der Waals surface area contributed by atoms with E-state index in [9.17, 15) is 9.59 Å². The van der Waals surface area contributed by atoms with Crippen LogP contribution in [-0.4, -0.2) is 32.0 Å². The number of hydrogen-bond donors (Lipinski definition) is 0. The van der Waals surface area contributed by atoms with Crippen LogP contribution in [0.2, 0.25) is 0 Å². The summed E-state index contributed by atoms with van der Waals surface area (Å²) in [6, 6.07) is 0. The fourth-order valence-electron chi connectivity index (χ4n) is 1.88. The molecule has 21 heavy (non-hydrogen) atoms. The van der Waals surface area contributed by atoms with Crippen LogP contribution >= 0.6 is 11.8 Å². The summed E-state index contributed by atoms with van der Waals surface area (Å²) >= 11 is 1.26. The second-order valence-corrected chi connectivity index (χ2v) is 5.24. The lowest BCUT2D eigenvalue weighted by atomic mass is 10.4. The van der Waals surface area contributed by atoms with Gasteiger partial charge < -0.3 is 4.74 Å². The lowest BCUT2D eigenvalue weighted by Crippen LogP contribution is -2.37. The van der Waals surface area contributed by atoms with E-state index >= 15 is 0 Å². The van der Waals surface area contributed by atoms with Crippen molar-refractivity contribution in [3.63, 3.8) is 0 Å². The molecule has 0 saturated heterocycles. The van der Waals surface area contributed by atoms with Crippen LogP contribution in [0.1, 0.15) is 5.82 Å². The maximum atomic E-state index is 12.3. The zero-order valence-corrected chi connectivity index (χ0v) is 12.7. The quantitative estimate of drug-likeness (QED) is 0.446. The second kappa shape index (κ2) is 6.11. The number of terminal acetylenes is 1. The Morgan fingerprint density at radius 2 is 2.00 bits per heavy atom. The van der Waals surface area contributed by atoms with E-state index in [0.717, 1.165) is 4.57 Å². The minimum absolute atomic E-state index is 0.183. The Kier molecular flexibility index (Phi) is 4.45. The maximum absolute atomic E-state index is 12.3. The summed E-state index contributed by atoms with van der Waals surface area (Å²) in [7, 11) is 4.50. The van der Waals surface area contributed by atoms with Crippen LogP contribution in [0.15, 0.2) is 14.6 Å². The predicted octanol–water partition coefficient (Wildman–Crippen LogP) is -0.101. The lowest BCUT2D eigenvalue weighted by Gasteiger charge is -2.10. The molecule has 0 saturated carbocycles. The molecule has 110 valence electrons. The van der Waals surface area contributed by atoms with E-state index in [1.165, 1.54) is 30.5 Å². The Morgan fingerprint density at radius 1 is 1.29 bits per heavy atom. The van der Waals surface area contributed by atoms with Crippen molar-refractivity contribution in [2.75, 3.05) is 12.9 Å². The van der Waals surface area contributed by atoms with Crippen LogP contribution in [0.4, 0.5) is 0 Å². The molecule has 0 aromatic carbocycles. The van der Waals surface area contributed by atoms with E-state index in [2.05, 4.69) is 15.9 Å². The highest BCUT2D eigenvalue weighted by Crippen LogP contribution is 2.21. The third-order valence-electron chi connectivity index (χ3n) is 2.88. The molecule has 0 aliphatic heterocycles. The number of ether oxygens (including phenoxy) is 1. The van der Waals surface area contributed by atoms with Crippen LogP contribution in [0.3, 0.4) is 0 Å². The van der Waals surface area contributed by atoms with Crippen molar-refractivity contribution in [3.05, 3.63) is 26.7 Å². The van der Waals surface area contributed by atoms with E-state index in [-0.39, 0.29) is 12.3 Å². The normalized spacial score (nSPS) is 10.8. The number of rotatable bonds is 4. The van der Waals surface area contributed by atoms with Crippen molar-refractivity contribution >= 4 is 22.8 Å². The van der Waals surface area contributed by atoms with E-state index in [0.29, 0.717) is 22.0 Å². The highest BCUT2D eigenvalue weighted by molar-refractivity contribution is 7.99. The van der Waals surface area contributed by atoms with E-state index in [4.69, 9.17) is 11.2 Å². The molecule has 0 unspecified atom stereocenters. The number of thioether (sulfide) groups is 1. The van der Waals surface area contributed by atoms with Crippen molar-refractivity contribution in [1.29, 1.82) is 0 Å². The Hall–Kier alpha value is -2.11. The van der Waals surface area contributed by atoms with Gasteiger partial charge in [0.2, 0.25) is 0 Å². The van der Waals surface area contributed by atoms with Crippen molar-refractivity contribution < 1.29 is 4.74 Å². The highest BCUT2D eigenvalue weighted by Gasteiger charge is 2.17. The smallest absolute Gasteiger partial charge is 0.332 e. The van der Waals surface area contributed by atoms with Gasteiger partial charge in [0.05, 0.1) is 5.75 Å². The first-order valence-corrected chi connectivity index (χ1v) is 7.01. The average molecular weight is 306 g/mol. The van der Waals surface area contributed by atoms with Gasteiger partial charge in [0.25, 0.3) is 5.56 Å². The first-order valence-electron chi connectivity index (χ1n) is 6.03. The fraction of sp³-hybridized carbons (Fsp3) is 0.385. The first-order chi connectivity index (χ1) is 10.0. The molecular weight excluding hydrogens is 292 g/mol. The van der Waals surface area contributed by atoms with Gasteiger partial charge in [-0.15, -0.1) is 6.42 Å². The van der Waals surface area contributed by atoms with Gasteiger partial charge in [-0.25, -0.2) is 14.8 Å². The summed E-state index contributed by atoms with van der Waals surface area (Å²) < 4.78 is 7.36. The van der Waals surface area contributed by atoms with Gasteiger partial charge >= 0.3 is 5.69 Å². The van der Waals surface area contributed by atoms with Gasteiger partial charge in [-0.05, 0) is 0 Å². The van der Waals surface area contributed by atoms with E-state index in [1.54, 1.807) is 7.05 Å².